The second kappa shape index (κ2) is 4.96. The van der Waals surface area contributed by atoms with E-state index in [2.05, 4.69) is 9.97 Å². The summed E-state index contributed by atoms with van der Waals surface area (Å²) in [5, 5.41) is 2.10. The second-order valence-corrected chi connectivity index (χ2v) is 4.76. The highest BCUT2D eigenvalue weighted by Gasteiger charge is 2.14. The van der Waals surface area contributed by atoms with Crippen molar-refractivity contribution in [2.75, 3.05) is 13.1 Å². The van der Waals surface area contributed by atoms with Crippen LogP contribution in [0, 0.1) is 0 Å². The molecule has 0 saturated carbocycles. The number of pyridine rings is 1. The van der Waals surface area contributed by atoms with Crippen molar-refractivity contribution in [2.45, 2.75) is 13.8 Å². The average molecular weight is 267 g/mol. The molecule has 20 heavy (non-hydrogen) atoms. The zero-order valence-corrected chi connectivity index (χ0v) is 11.7. The van der Waals surface area contributed by atoms with Gasteiger partial charge in [0.1, 0.15) is 5.65 Å². The molecule has 0 unspecified atom stereocenters. The van der Waals surface area contributed by atoms with Crippen LogP contribution in [0.25, 0.3) is 21.9 Å². The van der Waals surface area contributed by atoms with Crippen molar-refractivity contribution < 1.29 is 4.79 Å². The van der Waals surface area contributed by atoms with Crippen LogP contribution >= 0.6 is 0 Å². The van der Waals surface area contributed by atoms with Gasteiger partial charge in [0.2, 0.25) is 0 Å². The number of nitrogens with zero attached hydrogens (tertiary/aromatic N) is 2. The van der Waals surface area contributed by atoms with Crippen LogP contribution in [0.5, 0.6) is 0 Å². The molecule has 1 amide bonds. The molecule has 0 saturated heterocycles. The molecular formula is C16H17N3O. The molecule has 4 nitrogen and oxygen atoms in total. The van der Waals surface area contributed by atoms with Gasteiger partial charge in [-0.1, -0.05) is 0 Å². The molecule has 3 rings (SSSR count). The van der Waals surface area contributed by atoms with Crippen LogP contribution < -0.4 is 0 Å². The van der Waals surface area contributed by atoms with E-state index in [1.807, 2.05) is 49.1 Å². The lowest BCUT2D eigenvalue weighted by Gasteiger charge is -2.18. The third-order valence-electron chi connectivity index (χ3n) is 3.67. The summed E-state index contributed by atoms with van der Waals surface area (Å²) in [5.41, 5.74) is 2.59. The number of aromatic amines is 1. The van der Waals surface area contributed by atoms with Crippen molar-refractivity contribution in [1.29, 1.82) is 0 Å². The largest absolute Gasteiger partial charge is 0.339 e. The molecule has 0 aliphatic carbocycles. The summed E-state index contributed by atoms with van der Waals surface area (Å²) in [6.45, 7) is 5.44. The molecular weight excluding hydrogens is 250 g/mol. The lowest BCUT2D eigenvalue weighted by atomic mass is 10.1. The van der Waals surface area contributed by atoms with Gasteiger partial charge in [0.25, 0.3) is 5.91 Å². The van der Waals surface area contributed by atoms with Crippen LogP contribution in [-0.2, 0) is 0 Å². The third-order valence-corrected chi connectivity index (χ3v) is 3.67. The van der Waals surface area contributed by atoms with Gasteiger partial charge in [-0.15, -0.1) is 0 Å². The molecule has 102 valence electrons. The fraction of sp³-hybridized carbons (Fsp3) is 0.250. The maximum absolute atomic E-state index is 12.4. The van der Waals surface area contributed by atoms with E-state index < -0.39 is 0 Å². The van der Waals surface area contributed by atoms with Crippen molar-refractivity contribution in [3.63, 3.8) is 0 Å². The maximum Gasteiger partial charge on any atom is 0.253 e. The molecule has 0 fully saturated rings. The van der Waals surface area contributed by atoms with Crippen molar-refractivity contribution in [1.82, 2.24) is 14.9 Å². The van der Waals surface area contributed by atoms with E-state index in [1.54, 1.807) is 6.20 Å². The lowest BCUT2D eigenvalue weighted by molar-refractivity contribution is 0.0773. The molecule has 4 heteroatoms. The number of hydrogen-bond donors (Lipinski definition) is 1. The molecule has 0 bridgehead atoms. The Balaban J connectivity index is 2.14. The van der Waals surface area contributed by atoms with E-state index in [0.717, 1.165) is 40.6 Å². The minimum Gasteiger partial charge on any atom is -0.339 e. The molecule has 3 aromatic rings. The minimum absolute atomic E-state index is 0.0788. The van der Waals surface area contributed by atoms with Gasteiger partial charge >= 0.3 is 0 Å². The van der Waals surface area contributed by atoms with Crippen LogP contribution in [0.3, 0.4) is 0 Å². The maximum atomic E-state index is 12.4. The quantitative estimate of drug-likeness (QED) is 0.792. The van der Waals surface area contributed by atoms with E-state index in [4.69, 9.17) is 0 Å². The summed E-state index contributed by atoms with van der Waals surface area (Å²) >= 11 is 0. The van der Waals surface area contributed by atoms with Gasteiger partial charge in [0, 0.05) is 41.1 Å². The van der Waals surface area contributed by atoms with Gasteiger partial charge in [-0.05, 0) is 44.2 Å². The molecule has 2 aromatic heterocycles. The number of carbonyl (C=O) groups excluding carboxylic acids is 1. The molecule has 0 aliphatic heterocycles. The van der Waals surface area contributed by atoms with Crippen LogP contribution in [0.4, 0.5) is 0 Å². The first-order valence-corrected chi connectivity index (χ1v) is 6.90. The number of amides is 1. The number of benzene rings is 1. The van der Waals surface area contributed by atoms with Crippen molar-refractivity contribution in [3.05, 3.63) is 42.1 Å². The SMILES string of the molecule is CCN(CC)C(=O)c1ccc2[nH]c3ncccc3c2c1. The topological polar surface area (TPSA) is 49.0 Å². The number of carbonyl (C=O) groups is 1. The fourth-order valence-corrected chi connectivity index (χ4v) is 2.55. The number of nitrogens with one attached hydrogen (secondary N) is 1. The van der Waals surface area contributed by atoms with Gasteiger partial charge in [-0.3, -0.25) is 4.79 Å². The highest BCUT2D eigenvalue weighted by Crippen LogP contribution is 2.25. The van der Waals surface area contributed by atoms with Crippen LogP contribution in [0.1, 0.15) is 24.2 Å². The first-order valence-electron chi connectivity index (χ1n) is 6.90. The van der Waals surface area contributed by atoms with Gasteiger partial charge in [0.15, 0.2) is 0 Å². The summed E-state index contributed by atoms with van der Waals surface area (Å²) in [6.07, 6.45) is 1.76. The van der Waals surface area contributed by atoms with Crippen LogP contribution in [0.2, 0.25) is 0 Å². The van der Waals surface area contributed by atoms with Crippen molar-refractivity contribution >= 4 is 27.8 Å². The summed E-state index contributed by atoms with van der Waals surface area (Å²) < 4.78 is 0. The smallest absolute Gasteiger partial charge is 0.253 e. The Kier molecular flexibility index (Phi) is 3.14. The van der Waals surface area contributed by atoms with E-state index in [0.29, 0.717) is 0 Å². The first kappa shape index (κ1) is 12.7. The summed E-state index contributed by atoms with van der Waals surface area (Å²) in [6, 6.07) is 9.71. The number of H-pyrrole nitrogens is 1. The van der Waals surface area contributed by atoms with E-state index in [9.17, 15) is 4.79 Å². The monoisotopic (exact) mass is 267 g/mol. The van der Waals surface area contributed by atoms with Gasteiger partial charge in [-0.2, -0.15) is 0 Å². The Labute approximate surface area is 117 Å². The molecule has 0 radical (unpaired) electrons. The predicted molar refractivity (Wildman–Crippen MR) is 80.9 cm³/mol. The van der Waals surface area contributed by atoms with E-state index in [1.165, 1.54) is 0 Å². The molecule has 1 aromatic carbocycles. The number of fused-ring (bicyclic) bond motifs is 3. The highest BCUT2D eigenvalue weighted by atomic mass is 16.2. The molecule has 2 heterocycles. The van der Waals surface area contributed by atoms with Crippen molar-refractivity contribution in [2.24, 2.45) is 0 Å². The molecule has 1 N–H and O–H groups in total. The standard InChI is InChI=1S/C16H17N3O/c1-3-19(4-2)16(20)11-7-8-14-13(10-11)12-6-5-9-17-15(12)18-14/h5-10H,3-4H2,1-2H3,(H,17,18). The summed E-state index contributed by atoms with van der Waals surface area (Å²) in [7, 11) is 0. The Bertz CT molecular complexity index is 772. The second-order valence-electron chi connectivity index (χ2n) is 4.76. The average Bonchev–Trinajstić information content (AvgIpc) is 2.86. The zero-order valence-electron chi connectivity index (χ0n) is 11.7. The lowest BCUT2D eigenvalue weighted by Crippen LogP contribution is -2.30. The number of hydrogen-bond acceptors (Lipinski definition) is 2. The van der Waals surface area contributed by atoms with Crippen LogP contribution in [-0.4, -0.2) is 33.9 Å². The first-order chi connectivity index (χ1) is 9.74. The Morgan fingerprint density at radius 3 is 2.75 bits per heavy atom. The zero-order chi connectivity index (χ0) is 14.1. The number of rotatable bonds is 3. The Morgan fingerprint density at radius 2 is 2.00 bits per heavy atom. The Hall–Kier alpha value is -2.36. The molecule has 0 atom stereocenters. The fourth-order valence-electron chi connectivity index (χ4n) is 2.55. The van der Waals surface area contributed by atoms with Gasteiger partial charge in [0.05, 0.1) is 0 Å². The Morgan fingerprint density at radius 1 is 1.20 bits per heavy atom. The molecule has 0 aliphatic rings. The normalized spacial score (nSPS) is 11.1. The number of aromatic nitrogens is 2. The summed E-state index contributed by atoms with van der Waals surface area (Å²) in [5.74, 6) is 0.0788. The van der Waals surface area contributed by atoms with E-state index in [-0.39, 0.29) is 5.91 Å². The van der Waals surface area contributed by atoms with Gasteiger partial charge in [-0.25, -0.2) is 4.98 Å². The minimum atomic E-state index is 0.0788. The van der Waals surface area contributed by atoms with Crippen LogP contribution in [0.15, 0.2) is 36.5 Å². The van der Waals surface area contributed by atoms with E-state index >= 15 is 0 Å². The van der Waals surface area contributed by atoms with Crippen molar-refractivity contribution in [3.8, 4) is 0 Å². The van der Waals surface area contributed by atoms with Gasteiger partial charge < -0.3 is 9.88 Å². The predicted octanol–water partition coefficient (Wildman–Crippen LogP) is 3.20. The highest BCUT2D eigenvalue weighted by molar-refractivity contribution is 6.08. The third kappa shape index (κ3) is 1.93. The molecule has 0 spiro atoms. The summed E-state index contributed by atoms with van der Waals surface area (Å²) in [4.78, 5) is 21.8.